The highest BCUT2D eigenvalue weighted by molar-refractivity contribution is 5.98. The van der Waals surface area contributed by atoms with Crippen molar-refractivity contribution in [1.82, 2.24) is 24.9 Å². The van der Waals surface area contributed by atoms with Crippen LogP contribution in [0.3, 0.4) is 0 Å². The summed E-state index contributed by atoms with van der Waals surface area (Å²) in [5.41, 5.74) is 10.2. The number of hydrogen-bond acceptors (Lipinski definition) is 5. The van der Waals surface area contributed by atoms with E-state index in [1.54, 1.807) is 0 Å². The zero-order valence-corrected chi connectivity index (χ0v) is 18.9. The van der Waals surface area contributed by atoms with Gasteiger partial charge in [-0.2, -0.15) is 5.10 Å². The zero-order valence-electron chi connectivity index (χ0n) is 18.9. The summed E-state index contributed by atoms with van der Waals surface area (Å²) in [6.45, 7) is 8.73. The second-order valence-electron chi connectivity index (χ2n) is 8.21. The van der Waals surface area contributed by atoms with E-state index in [2.05, 4.69) is 51.7 Å². The van der Waals surface area contributed by atoms with E-state index in [1.807, 2.05) is 50.7 Å². The molecule has 0 radical (unpaired) electrons. The Hall–Kier alpha value is -3.87. The number of nitrogens with zero attached hydrogens (tertiary/aromatic N) is 4. The lowest BCUT2D eigenvalue weighted by molar-refractivity contribution is 0.393. The van der Waals surface area contributed by atoms with E-state index in [0.717, 1.165) is 62.1 Å². The summed E-state index contributed by atoms with van der Waals surface area (Å²) in [5, 5.41) is 12.2. The van der Waals surface area contributed by atoms with Crippen LogP contribution in [0.4, 0.5) is 5.95 Å². The highest BCUT2D eigenvalue weighted by atomic mass is 16.5. The molecule has 0 amide bonds. The monoisotopic (exact) mass is 442 g/mol. The van der Waals surface area contributed by atoms with Crippen LogP contribution in [0.25, 0.3) is 33.3 Å². The molecule has 3 aromatic heterocycles. The highest BCUT2D eigenvalue weighted by Gasteiger charge is 2.21. The first-order chi connectivity index (χ1) is 15.4. The number of aromatic amines is 1. The fraction of sp³-hybridized carbons (Fsp3) is 0.269. The third-order valence-electron chi connectivity index (χ3n) is 5.99. The van der Waals surface area contributed by atoms with Gasteiger partial charge < -0.3 is 14.8 Å². The number of benzene rings is 2. The molecule has 0 atom stereocenters. The van der Waals surface area contributed by atoms with Gasteiger partial charge in [0.1, 0.15) is 5.76 Å². The minimum Gasteiger partial charge on any atom is -0.361 e. The van der Waals surface area contributed by atoms with Crippen LogP contribution in [-0.2, 0) is 13.6 Å². The fourth-order valence-electron chi connectivity index (χ4n) is 4.38. The molecule has 0 bridgehead atoms. The Morgan fingerprint density at radius 2 is 1.76 bits per heavy atom. The molecule has 0 aliphatic heterocycles. The van der Waals surface area contributed by atoms with Crippen molar-refractivity contribution in [3.05, 3.63) is 70.9 Å². The molecule has 33 heavy (non-hydrogen) atoms. The molecule has 0 saturated heterocycles. The van der Waals surface area contributed by atoms with Crippen LogP contribution in [0.2, 0.25) is 0 Å². The van der Waals surface area contributed by atoms with Gasteiger partial charge in [-0.3, -0.25) is 4.68 Å². The number of H-pyrrole nitrogens is 1. The number of hydrogen-bond donors (Lipinski definition) is 2. The van der Waals surface area contributed by atoms with E-state index in [0.29, 0.717) is 6.54 Å². The van der Waals surface area contributed by atoms with Crippen LogP contribution in [0.15, 0.2) is 47.0 Å². The quantitative estimate of drug-likeness (QED) is 0.343. The molecule has 2 aromatic carbocycles. The van der Waals surface area contributed by atoms with Gasteiger partial charge in [-0.05, 0) is 51.0 Å². The second-order valence-corrected chi connectivity index (χ2v) is 8.21. The molecular weight excluding hydrogens is 412 g/mol. The molecule has 0 unspecified atom stereocenters. The van der Waals surface area contributed by atoms with Gasteiger partial charge in [0, 0.05) is 36.0 Å². The lowest BCUT2D eigenvalue weighted by Gasteiger charge is -2.08. The first kappa shape index (κ1) is 22.3. The maximum absolute atomic E-state index is 5.45. The SMILES string of the molecule is C.Cc1noc(C)c1-c1cc(-c2c(C)nn(C)c2C)c2nc(NCc3ccccc3)[nH]c2c1. The number of imidazole rings is 1. The van der Waals surface area contributed by atoms with Crippen LogP contribution >= 0.6 is 0 Å². The molecule has 0 aliphatic carbocycles. The number of anilines is 1. The van der Waals surface area contributed by atoms with E-state index in [9.17, 15) is 0 Å². The van der Waals surface area contributed by atoms with Crippen molar-refractivity contribution in [3.8, 4) is 22.3 Å². The normalized spacial score (nSPS) is 11.1. The Balaban J connectivity index is 0.00000259. The van der Waals surface area contributed by atoms with Gasteiger partial charge in [-0.1, -0.05) is 42.9 Å². The Morgan fingerprint density at radius 1 is 1.00 bits per heavy atom. The average molecular weight is 443 g/mol. The largest absolute Gasteiger partial charge is 0.361 e. The van der Waals surface area contributed by atoms with Gasteiger partial charge in [0.2, 0.25) is 5.95 Å². The first-order valence-corrected chi connectivity index (χ1v) is 10.7. The molecule has 5 rings (SSSR count). The molecule has 5 aromatic rings. The summed E-state index contributed by atoms with van der Waals surface area (Å²) in [4.78, 5) is 8.38. The van der Waals surface area contributed by atoms with Crippen molar-refractivity contribution in [2.75, 3.05) is 5.32 Å². The molecule has 0 spiro atoms. The topological polar surface area (TPSA) is 84.6 Å². The van der Waals surface area contributed by atoms with Gasteiger partial charge in [0.25, 0.3) is 0 Å². The molecule has 0 aliphatic rings. The van der Waals surface area contributed by atoms with Crippen molar-refractivity contribution in [2.24, 2.45) is 7.05 Å². The lowest BCUT2D eigenvalue weighted by Crippen LogP contribution is -2.00. The van der Waals surface area contributed by atoms with Crippen molar-refractivity contribution < 1.29 is 4.52 Å². The smallest absolute Gasteiger partial charge is 0.201 e. The molecule has 7 nitrogen and oxygen atoms in total. The van der Waals surface area contributed by atoms with Crippen molar-refractivity contribution >= 4 is 17.0 Å². The van der Waals surface area contributed by atoms with Gasteiger partial charge in [0.05, 0.1) is 22.4 Å². The van der Waals surface area contributed by atoms with E-state index in [4.69, 9.17) is 9.51 Å². The van der Waals surface area contributed by atoms with Crippen LogP contribution in [-0.4, -0.2) is 24.9 Å². The Morgan fingerprint density at radius 3 is 2.39 bits per heavy atom. The summed E-state index contributed by atoms with van der Waals surface area (Å²) in [7, 11) is 1.97. The van der Waals surface area contributed by atoms with Gasteiger partial charge in [-0.15, -0.1) is 0 Å². The average Bonchev–Trinajstić information content (AvgIpc) is 3.42. The molecule has 0 saturated carbocycles. The molecule has 7 heteroatoms. The Bertz CT molecular complexity index is 1410. The summed E-state index contributed by atoms with van der Waals surface area (Å²) in [5.74, 6) is 1.54. The number of rotatable bonds is 5. The van der Waals surface area contributed by atoms with Crippen LogP contribution in [0.1, 0.15) is 35.8 Å². The van der Waals surface area contributed by atoms with Gasteiger partial charge in [-0.25, -0.2) is 4.98 Å². The maximum atomic E-state index is 5.45. The third kappa shape index (κ3) is 3.91. The standard InChI is InChI=1S/C25H26N6O.CH4/c1-14-22(16(3)31(5)29-14)20-11-19(23-15(2)30-32-17(23)4)12-21-24(20)28-25(27-21)26-13-18-9-7-6-8-10-18;/h6-12H,13H2,1-5H3,(H2,26,27,28);1H4. The van der Waals surface area contributed by atoms with E-state index >= 15 is 0 Å². The number of aromatic nitrogens is 5. The van der Waals surface area contributed by atoms with Crippen LogP contribution < -0.4 is 5.32 Å². The Labute approximate surface area is 193 Å². The molecular formula is C26H30N6O. The van der Waals surface area contributed by atoms with Crippen molar-refractivity contribution in [2.45, 2.75) is 41.7 Å². The second kappa shape index (κ2) is 8.58. The molecule has 3 heterocycles. The van der Waals surface area contributed by atoms with Crippen LogP contribution in [0.5, 0.6) is 0 Å². The zero-order chi connectivity index (χ0) is 22.4. The van der Waals surface area contributed by atoms with Gasteiger partial charge in [0.15, 0.2) is 0 Å². The van der Waals surface area contributed by atoms with Gasteiger partial charge >= 0.3 is 0 Å². The predicted octanol–water partition coefficient (Wildman–Crippen LogP) is 6.10. The van der Waals surface area contributed by atoms with E-state index in [-0.39, 0.29) is 7.43 Å². The summed E-state index contributed by atoms with van der Waals surface area (Å²) < 4.78 is 7.36. The molecule has 170 valence electrons. The van der Waals surface area contributed by atoms with Crippen molar-refractivity contribution in [1.29, 1.82) is 0 Å². The molecule has 0 fully saturated rings. The predicted molar refractivity (Wildman–Crippen MR) is 133 cm³/mol. The minimum atomic E-state index is 0. The van der Waals surface area contributed by atoms with Crippen molar-refractivity contribution in [3.63, 3.8) is 0 Å². The summed E-state index contributed by atoms with van der Waals surface area (Å²) >= 11 is 0. The maximum Gasteiger partial charge on any atom is 0.201 e. The van der Waals surface area contributed by atoms with E-state index < -0.39 is 0 Å². The highest BCUT2D eigenvalue weighted by Crippen LogP contribution is 2.38. The lowest BCUT2D eigenvalue weighted by atomic mass is 9.95. The van der Waals surface area contributed by atoms with E-state index in [1.165, 1.54) is 5.56 Å². The molecule has 2 N–H and O–H groups in total. The number of aryl methyl sites for hydroxylation is 4. The Kier molecular flexibility index (Phi) is 5.80. The summed E-state index contributed by atoms with van der Waals surface area (Å²) in [6.07, 6.45) is 0. The third-order valence-corrected chi connectivity index (χ3v) is 5.99. The summed E-state index contributed by atoms with van der Waals surface area (Å²) in [6, 6.07) is 14.6. The van der Waals surface area contributed by atoms with Crippen LogP contribution in [0, 0.1) is 27.7 Å². The number of nitrogens with one attached hydrogen (secondary N) is 2. The first-order valence-electron chi connectivity index (χ1n) is 10.7. The minimum absolute atomic E-state index is 0. The fourth-order valence-corrected chi connectivity index (χ4v) is 4.38. The number of fused-ring (bicyclic) bond motifs is 1.